The van der Waals surface area contributed by atoms with Crippen molar-refractivity contribution in [2.24, 2.45) is 5.10 Å². The van der Waals surface area contributed by atoms with Crippen LogP contribution in [0.3, 0.4) is 0 Å². The van der Waals surface area contributed by atoms with Gasteiger partial charge in [-0.25, -0.2) is 5.43 Å². The first-order valence-corrected chi connectivity index (χ1v) is 6.32. The van der Waals surface area contributed by atoms with Crippen molar-refractivity contribution in [1.29, 1.82) is 0 Å². The highest BCUT2D eigenvalue weighted by molar-refractivity contribution is 5.95. The van der Waals surface area contributed by atoms with E-state index in [0.29, 0.717) is 5.56 Å². The molecule has 1 N–H and O–H groups in total. The average molecular weight is 302 g/mol. The summed E-state index contributed by atoms with van der Waals surface area (Å²) in [6.45, 7) is 0. The van der Waals surface area contributed by atoms with Gasteiger partial charge in [-0.3, -0.25) is 14.9 Å². The van der Waals surface area contributed by atoms with E-state index in [1.807, 2.05) is 25.1 Å². The lowest BCUT2D eigenvalue weighted by molar-refractivity contribution is -0.402. The summed E-state index contributed by atoms with van der Waals surface area (Å²) in [6, 6.07) is 9.63. The van der Waals surface area contributed by atoms with Crippen LogP contribution in [-0.4, -0.2) is 31.1 Å². The van der Waals surface area contributed by atoms with Crippen molar-refractivity contribution in [3.63, 3.8) is 0 Å². The van der Waals surface area contributed by atoms with Gasteiger partial charge in [0.2, 0.25) is 0 Å². The van der Waals surface area contributed by atoms with Crippen molar-refractivity contribution < 1.29 is 14.1 Å². The van der Waals surface area contributed by atoms with Crippen molar-refractivity contribution in [2.45, 2.75) is 0 Å². The molecule has 0 bridgehead atoms. The first-order valence-electron chi connectivity index (χ1n) is 6.32. The smallest absolute Gasteiger partial charge is 0.400 e. The van der Waals surface area contributed by atoms with Gasteiger partial charge in [0.05, 0.1) is 12.3 Å². The Bertz CT molecular complexity index is 721. The second-order valence-electron chi connectivity index (χ2n) is 4.58. The SMILES string of the molecule is CN(C)c1cccc(C(=O)N/N=C/c2ccc([N+](=O)[O-])o2)c1. The van der Waals surface area contributed by atoms with Gasteiger partial charge in [0.1, 0.15) is 4.92 Å². The number of carbonyl (C=O) groups excluding carboxylic acids is 1. The van der Waals surface area contributed by atoms with Gasteiger partial charge < -0.3 is 9.32 Å². The highest BCUT2D eigenvalue weighted by atomic mass is 16.6. The molecule has 0 saturated heterocycles. The molecule has 1 aromatic heterocycles. The first-order chi connectivity index (χ1) is 10.5. The topological polar surface area (TPSA) is 101 Å². The van der Waals surface area contributed by atoms with Gasteiger partial charge in [0, 0.05) is 25.3 Å². The van der Waals surface area contributed by atoms with Crippen LogP contribution < -0.4 is 10.3 Å². The standard InChI is InChI=1S/C14H14N4O4/c1-17(2)11-5-3-4-10(8-11)14(19)16-15-9-12-6-7-13(22-12)18(20)21/h3-9H,1-2H3,(H,16,19)/b15-9+. The van der Waals surface area contributed by atoms with E-state index >= 15 is 0 Å². The molecule has 0 atom stereocenters. The third kappa shape index (κ3) is 3.69. The zero-order valence-corrected chi connectivity index (χ0v) is 12.0. The molecule has 8 nitrogen and oxygen atoms in total. The number of benzene rings is 1. The van der Waals surface area contributed by atoms with Crippen LogP contribution in [0.2, 0.25) is 0 Å². The van der Waals surface area contributed by atoms with Crippen LogP contribution in [0, 0.1) is 10.1 Å². The fraction of sp³-hybridized carbons (Fsp3) is 0.143. The van der Waals surface area contributed by atoms with Crippen LogP contribution in [-0.2, 0) is 0 Å². The number of nitrogens with zero attached hydrogens (tertiary/aromatic N) is 3. The van der Waals surface area contributed by atoms with Crippen LogP contribution in [0.25, 0.3) is 0 Å². The zero-order chi connectivity index (χ0) is 16.1. The number of hydrogen-bond donors (Lipinski definition) is 1. The zero-order valence-electron chi connectivity index (χ0n) is 12.0. The van der Waals surface area contributed by atoms with Gasteiger partial charge in [-0.1, -0.05) is 6.07 Å². The Morgan fingerprint density at radius 1 is 1.36 bits per heavy atom. The van der Waals surface area contributed by atoms with Gasteiger partial charge in [-0.05, 0) is 24.3 Å². The first kappa shape index (κ1) is 15.2. The fourth-order valence-electron chi connectivity index (χ4n) is 1.65. The Hall–Kier alpha value is -3.16. The average Bonchev–Trinajstić information content (AvgIpc) is 2.96. The van der Waals surface area contributed by atoms with E-state index < -0.39 is 4.92 Å². The molecule has 2 rings (SSSR count). The molecule has 0 aliphatic rings. The number of nitro groups is 1. The summed E-state index contributed by atoms with van der Waals surface area (Å²) in [6.07, 6.45) is 1.20. The van der Waals surface area contributed by atoms with Gasteiger partial charge in [0.25, 0.3) is 5.91 Å². The molecule has 0 unspecified atom stereocenters. The van der Waals surface area contributed by atoms with Crippen LogP contribution in [0.5, 0.6) is 0 Å². The van der Waals surface area contributed by atoms with E-state index in [9.17, 15) is 14.9 Å². The lowest BCUT2D eigenvalue weighted by atomic mass is 10.2. The normalized spacial score (nSPS) is 10.6. The lowest BCUT2D eigenvalue weighted by Crippen LogP contribution is -2.18. The van der Waals surface area contributed by atoms with Crippen molar-refractivity contribution in [3.8, 4) is 0 Å². The van der Waals surface area contributed by atoms with Crippen molar-refractivity contribution in [2.75, 3.05) is 19.0 Å². The number of carbonyl (C=O) groups is 1. The molecule has 1 amide bonds. The summed E-state index contributed by atoms with van der Waals surface area (Å²) in [7, 11) is 3.75. The van der Waals surface area contributed by atoms with E-state index in [0.717, 1.165) is 5.69 Å². The van der Waals surface area contributed by atoms with Gasteiger partial charge >= 0.3 is 5.88 Å². The molecular formula is C14H14N4O4. The molecule has 0 radical (unpaired) electrons. The second-order valence-corrected chi connectivity index (χ2v) is 4.58. The number of rotatable bonds is 5. The minimum Gasteiger partial charge on any atom is -0.400 e. The number of hydrazone groups is 1. The van der Waals surface area contributed by atoms with Crippen LogP contribution >= 0.6 is 0 Å². The molecule has 114 valence electrons. The van der Waals surface area contributed by atoms with Crippen molar-refractivity contribution in [1.82, 2.24) is 5.43 Å². The quantitative estimate of drug-likeness (QED) is 0.517. The third-order valence-corrected chi connectivity index (χ3v) is 2.78. The maximum atomic E-state index is 11.9. The number of anilines is 1. The summed E-state index contributed by atoms with van der Waals surface area (Å²) in [5, 5.41) is 14.2. The maximum Gasteiger partial charge on any atom is 0.433 e. The summed E-state index contributed by atoms with van der Waals surface area (Å²) in [4.78, 5) is 23.6. The van der Waals surface area contributed by atoms with Crippen molar-refractivity contribution >= 4 is 23.7 Å². The molecule has 1 heterocycles. The maximum absolute atomic E-state index is 11.9. The fourth-order valence-corrected chi connectivity index (χ4v) is 1.65. The summed E-state index contributed by atoms with van der Waals surface area (Å²) in [5.41, 5.74) is 3.67. The van der Waals surface area contributed by atoms with E-state index in [2.05, 4.69) is 10.5 Å². The Labute approximate surface area is 126 Å². The van der Waals surface area contributed by atoms with E-state index in [4.69, 9.17) is 4.42 Å². The van der Waals surface area contributed by atoms with Gasteiger partial charge in [-0.2, -0.15) is 5.10 Å². The molecule has 0 aliphatic carbocycles. The number of nitrogens with one attached hydrogen (secondary N) is 1. The van der Waals surface area contributed by atoms with E-state index in [1.165, 1.54) is 18.3 Å². The molecule has 2 aromatic rings. The summed E-state index contributed by atoms with van der Waals surface area (Å²) >= 11 is 0. The Kier molecular flexibility index (Phi) is 4.52. The molecule has 8 heteroatoms. The van der Waals surface area contributed by atoms with Crippen LogP contribution in [0.1, 0.15) is 16.1 Å². The largest absolute Gasteiger partial charge is 0.433 e. The minimum absolute atomic E-state index is 0.175. The van der Waals surface area contributed by atoms with E-state index in [-0.39, 0.29) is 17.6 Å². The van der Waals surface area contributed by atoms with Gasteiger partial charge in [0.15, 0.2) is 5.76 Å². The number of amides is 1. The van der Waals surface area contributed by atoms with Crippen LogP contribution in [0.4, 0.5) is 11.6 Å². The Morgan fingerprint density at radius 2 is 2.14 bits per heavy atom. The summed E-state index contributed by atoms with van der Waals surface area (Å²) < 4.78 is 4.88. The minimum atomic E-state index is -0.650. The third-order valence-electron chi connectivity index (χ3n) is 2.78. The molecule has 22 heavy (non-hydrogen) atoms. The Balaban J connectivity index is 2.01. The number of hydrogen-bond acceptors (Lipinski definition) is 6. The van der Waals surface area contributed by atoms with Gasteiger partial charge in [-0.15, -0.1) is 0 Å². The molecule has 0 fully saturated rings. The van der Waals surface area contributed by atoms with E-state index in [1.54, 1.807) is 18.2 Å². The second kappa shape index (κ2) is 6.53. The predicted octanol–water partition coefficient (Wildman–Crippen LogP) is 2.02. The molecule has 0 spiro atoms. The lowest BCUT2D eigenvalue weighted by Gasteiger charge is -2.12. The number of furan rings is 1. The Morgan fingerprint density at radius 3 is 2.77 bits per heavy atom. The monoisotopic (exact) mass is 302 g/mol. The highest BCUT2D eigenvalue weighted by Crippen LogP contribution is 2.14. The van der Waals surface area contributed by atoms with Crippen LogP contribution in [0.15, 0.2) is 45.9 Å². The predicted molar refractivity (Wildman–Crippen MR) is 81.2 cm³/mol. The van der Waals surface area contributed by atoms with Crippen molar-refractivity contribution in [3.05, 3.63) is 57.8 Å². The molecular weight excluding hydrogens is 288 g/mol. The molecule has 0 aliphatic heterocycles. The highest BCUT2D eigenvalue weighted by Gasteiger charge is 2.10. The summed E-state index contributed by atoms with van der Waals surface area (Å²) in [5.74, 6) is -0.596. The molecule has 1 aromatic carbocycles. The molecule has 0 saturated carbocycles.